The van der Waals surface area contributed by atoms with Crippen molar-refractivity contribution in [3.8, 4) is 11.4 Å². The van der Waals surface area contributed by atoms with Gasteiger partial charge in [0.05, 0.1) is 11.9 Å². The maximum Gasteiger partial charge on any atom is 0.187 e. The minimum Gasteiger partial charge on any atom is -0.332 e. The third-order valence-electron chi connectivity index (χ3n) is 3.03. The first kappa shape index (κ1) is 25.1. The van der Waals surface area contributed by atoms with E-state index >= 15 is 0 Å². The molecule has 0 radical (unpaired) electrons. The van der Waals surface area contributed by atoms with Crippen LogP contribution >= 0.6 is 11.3 Å². The molecule has 28 heavy (non-hydrogen) atoms. The van der Waals surface area contributed by atoms with Crippen molar-refractivity contribution in [1.82, 2.24) is 14.5 Å². The Hall–Kier alpha value is -2.92. The zero-order chi connectivity index (χ0) is 21.4. The maximum absolute atomic E-state index is 4.64. The van der Waals surface area contributed by atoms with Crippen molar-refractivity contribution in [2.24, 2.45) is 0 Å². The SMILES string of the molecule is C=C/C=C\C(=C/C=C)Nc1nc(-c2cnc(C=C)n2/C=C\C)cs1.CC.CC. The van der Waals surface area contributed by atoms with Crippen LogP contribution in [0.25, 0.3) is 23.7 Å². The quantitative estimate of drug-likeness (QED) is 0.472. The van der Waals surface area contributed by atoms with Crippen molar-refractivity contribution in [3.63, 3.8) is 0 Å². The zero-order valence-corrected chi connectivity index (χ0v) is 18.5. The van der Waals surface area contributed by atoms with E-state index in [1.807, 2.05) is 75.1 Å². The number of anilines is 1. The second kappa shape index (κ2) is 15.2. The summed E-state index contributed by atoms with van der Waals surface area (Å²) < 4.78 is 1.96. The average Bonchev–Trinajstić information content (AvgIpc) is 3.36. The summed E-state index contributed by atoms with van der Waals surface area (Å²) in [4.78, 5) is 9.01. The van der Waals surface area contributed by atoms with Gasteiger partial charge in [-0.15, -0.1) is 11.3 Å². The summed E-state index contributed by atoms with van der Waals surface area (Å²) in [5.41, 5.74) is 2.66. The number of nitrogens with one attached hydrogen (secondary N) is 1. The minimum absolute atomic E-state index is 0.784. The van der Waals surface area contributed by atoms with Crippen molar-refractivity contribution >= 4 is 28.7 Å². The lowest BCUT2D eigenvalue weighted by atomic mass is 10.3. The number of nitrogens with zero attached hydrogens (tertiary/aromatic N) is 3. The highest BCUT2D eigenvalue weighted by molar-refractivity contribution is 7.14. The minimum atomic E-state index is 0.784. The van der Waals surface area contributed by atoms with Crippen molar-refractivity contribution < 1.29 is 0 Å². The molecule has 2 rings (SSSR count). The van der Waals surface area contributed by atoms with Crippen LogP contribution in [0.15, 0.2) is 73.5 Å². The standard InChI is InChI=1S/C19H20N4S.2C2H6/c1-5-9-11-15(10-6-2)21-19-22-16(14-24-19)17-13-20-18(8-4)23(17)12-7-3;2*1-2/h5-14H,1-2,4H2,3H3,(H,21,22);2*1-2H3/b11-9-,12-7-,15-10+;;. The predicted octanol–water partition coefficient (Wildman–Crippen LogP) is 7.42. The first-order chi connectivity index (χ1) is 13.7. The topological polar surface area (TPSA) is 42.7 Å². The molecule has 1 N–H and O–H groups in total. The summed E-state index contributed by atoms with van der Waals surface area (Å²) in [5, 5.41) is 6.06. The van der Waals surface area contributed by atoms with Crippen LogP contribution in [0.3, 0.4) is 0 Å². The van der Waals surface area contributed by atoms with Crippen molar-refractivity contribution in [2.45, 2.75) is 34.6 Å². The molecular formula is C23H32N4S. The van der Waals surface area contributed by atoms with Gasteiger partial charge in [0.15, 0.2) is 5.13 Å². The molecule has 2 aromatic heterocycles. The Balaban J connectivity index is 0.00000171. The Morgan fingerprint density at radius 1 is 1.14 bits per heavy atom. The fraction of sp³-hybridized carbons (Fsp3) is 0.217. The van der Waals surface area contributed by atoms with Gasteiger partial charge in [0, 0.05) is 17.3 Å². The van der Waals surface area contributed by atoms with E-state index in [1.54, 1.807) is 24.4 Å². The molecule has 0 aliphatic rings. The van der Waals surface area contributed by atoms with Crippen LogP contribution in [0.1, 0.15) is 40.4 Å². The van der Waals surface area contributed by atoms with E-state index in [0.29, 0.717) is 0 Å². The molecule has 2 heterocycles. The van der Waals surface area contributed by atoms with Crippen LogP contribution in [-0.4, -0.2) is 14.5 Å². The molecule has 0 saturated heterocycles. The second-order valence-electron chi connectivity index (χ2n) is 4.67. The molecule has 0 amide bonds. The lowest BCUT2D eigenvalue weighted by molar-refractivity contribution is 1.10. The summed E-state index contributed by atoms with van der Waals surface area (Å²) in [6.07, 6.45) is 16.5. The van der Waals surface area contributed by atoms with E-state index < -0.39 is 0 Å². The molecule has 0 unspecified atom stereocenters. The fourth-order valence-corrected chi connectivity index (χ4v) is 2.76. The van der Waals surface area contributed by atoms with Crippen LogP contribution in [0.5, 0.6) is 0 Å². The van der Waals surface area contributed by atoms with E-state index in [9.17, 15) is 0 Å². The molecule has 0 bridgehead atoms. The Kier molecular flexibility index (Phi) is 13.6. The maximum atomic E-state index is 4.64. The molecule has 150 valence electrons. The Labute approximate surface area is 174 Å². The van der Waals surface area contributed by atoms with E-state index in [2.05, 4.69) is 35.0 Å². The van der Waals surface area contributed by atoms with Gasteiger partial charge in [0.1, 0.15) is 11.5 Å². The number of hydrogen-bond donors (Lipinski definition) is 1. The molecule has 0 aromatic carbocycles. The summed E-state index contributed by atoms with van der Waals surface area (Å²) >= 11 is 1.53. The Bertz CT molecular complexity index is 820. The predicted molar refractivity (Wildman–Crippen MR) is 128 cm³/mol. The van der Waals surface area contributed by atoms with E-state index in [0.717, 1.165) is 28.0 Å². The Morgan fingerprint density at radius 3 is 2.43 bits per heavy atom. The molecule has 2 aromatic rings. The highest BCUT2D eigenvalue weighted by Crippen LogP contribution is 2.27. The van der Waals surface area contributed by atoms with Gasteiger partial charge in [-0.2, -0.15) is 0 Å². The zero-order valence-electron chi connectivity index (χ0n) is 17.6. The van der Waals surface area contributed by atoms with Crippen molar-refractivity contribution in [2.75, 3.05) is 5.32 Å². The highest BCUT2D eigenvalue weighted by Gasteiger charge is 2.11. The van der Waals surface area contributed by atoms with Gasteiger partial charge in [-0.1, -0.05) is 71.7 Å². The van der Waals surface area contributed by atoms with Crippen molar-refractivity contribution in [1.29, 1.82) is 0 Å². The van der Waals surface area contributed by atoms with Gasteiger partial charge < -0.3 is 5.32 Å². The van der Waals surface area contributed by atoms with Crippen LogP contribution in [0.2, 0.25) is 0 Å². The second-order valence-corrected chi connectivity index (χ2v) is 5.53. The van der Waals surface area contributed by atoms with Gasteiger partial charge >= 0.3 is 0 Å². The molecule has 0 aliphatic carbocycles. The normalized spacial score (nSPS) is 10.7. The van der Waals surface area contributed by atoms with E-state index in [4.69, 9.17) is 0 Å². The molecule has 0 spiro atoms. The summed E-state index contributed by atoms with van der Waals surface area (Å²) in [7, 11) is 0. The van der Waals surface area contributed by atoms with E-state index in [1.165, 1.54) is 11.3 Å². The van der Waals surface area contributed by atoms with Gasteiger partial charge in [-0.25, -0.2) is 9.97 Å². The van der Waals surface area contributed by atoms with Crippen molar-refractivity contribution in [3.05, 3.63) is 79.3 Å². The molecular weight excluding hydrogens is 364 g/mol. The molecule has 0 saturated carbocycles. The van der Waals surface area contributed by atoms with Gasteiger partial charge in [0.2, 0.25) is 0 Å². The van der Waals surface area contributed by atoms with Gasteiger partial charge in [0.25, 0.3) is 0 Å². The first-order valence-corrected chi connectivity index (χ1v) is 10.3. The summed E-state index contributed by atoms with van der Waals surface area (Å²) in [6.45, 7) is 21.2. The number of rotatable bonds is 8. The van der Waals surface area contributed by atoms with Gasteiger partial charge in [-0.05, 0) is 25.2 Å². The van der Waals surface area contributed by atoms with Crippen LogP contribution < -0.4 is 5.32 Å². The molecule has 5 heteroatoms. The fourth-order valence-electron chi connectivity index (χ4n) is 2.03. The lowest BCUT2D eigenvalue weighted by Gasteiger charge is -2.03. The summed E-state index contributed by atoms with van der Waals surface area (Å²) in [5.74, 6) is 0.784. The van der Waals surface area contributed by atoms with Crippen LogP contribution in [-0.2, 0) is 0 Å². The third kappa shape index (κ3) is 7.37. The monoisotopic (exact) mass is 396 g/mol. The number of imidazole rings is 1. The van der Waals surface area contributed by atoms with E-state index in [-0.39, 0.29) is 0 Å². The number of allylic oxidation sites excluding steroid dienone is 6. The Morgan fingerprint density at radius 2 is 1.86 bits per heavy atom. The smallest absolute Gasteiger partial charge is 0.187 e. The highest BCUT2D eigenvalue weighted by atomic mass is 32.1. The number of thiazole rings is 1. The summed E-state index contributed by atoms with van der Waals surface area (Å²) in [6, 6.07) is 0. The third-order valence-corrected chi connectivity index (χ3v) is 3.79. The average molecular weight is 397 g/mol. The molecule has 0 aliphatic heterocycles. The molecule has 4 nitrogen and oxygen atoms in total. The lowest BCUT2D eigenvalue weighted by Crippen LogP contribution is -1.97. The van der Waals surface area contributed by atoms with Crippen LogP contribution in [0, 0.1) is 0 Å². The largest absolute Gasteiger partial charge is 0.332 e. The molecule has 0 fully saturated rings. The number of hydrogen-bond acceptors (Lipinski definition) is 4. The van der Waals surface area contributed by atoms with Gasteiger partial charge in [-0.3, -0.25) is 4.57 Å². The van der Waals surface area contributed by atoms with Crippen LogP contribution in [0.4, 0.5) is 5.13 Å². The number of aromatic nitrogens is 3. The molecule has 0 atom stereocenters. The first-order valence-electron chi connectivity index (χ1n) is 9.40.